The van der Waals surface area contributed by atoms with Crippen molar-refractivity contribution in [1.29, 1.82) is 5.26 Å². The highest BCUT2D eigenvalue weighted by Crippen LogP contribution is 2.16. The second-order valence-electron chi connectivity index (χ2n) is 3.12. The van der Waals surface area contributed by atoms with Gasteiger partial charge in [0.1, 0.15) is 12.2 Å². The smallest absolute Gasteiger partial charge is 0.191 e. The zero-order chi connectivity index (χ0) is 12.1. The number of nitrogens with two attached hydrogens (primary N) is 1. The number of allylic oxidation sites excluding steroid dienone is 1. The monoisotopic (exact) mass is 237 g/mol. The van der Waals surface area contributed by atoms with Gasteiger partial charge in [-0.1, -0.05) is 18.3 Å². The molecule has 0 aliphatic carbocycles. The highest BCUT2D eigenvalue weighted by Gasteiger charge is 2.19. The number of aromatic nitrogens is 3. The van der Waals surface area contributed by atoms with Gasteiger partial charge >= 0.3 is 0 Å². The maximum Gasteiger partial charge on any atom is 0.191 e. The molecule has 0 radical (unpaired) electrons. The van der Waals surface area contributed by atoms with E-state index < -0.39 is 5.92 Å². The van der Waals surface area contributed by atoms with Crippen molar-refractivity contribution >= 4 is 17.5 Å². The summed E-state index contributed by atoms with van der Waals surface area (Å²) < 4.78 is 1.69. The second kappa shape index (κ2) is 5.32. The Bertz CT molecular complexity index is 447. The summed E-state index contributed by atoms with van der Waals surface area (Å²) in [5, 5.41) is 16.8. The van der Waals surface area contributed by atoms with Gasteiger partial charge in [0, 0.05) is 12.7 Å². The Morgan fingerprint density at radius 3 is 3.00 bits per heavy atom. The lowest BCUT2D eigenvalue weighted by Gasteiger charge is -2.06. The van der Waals surface area contributed by atoms with E-state index in [0.717, 1.165) is 0 Å². The molecule has 0 unspecified atom stereocenters. The molecule has 0 saturated carbocycles. The number of carbonyl (C=O) groups is 1. The van der Waals surface area contributed by atoms with Gasteiger partial charge in [-0.15, -0.1) is 10.2 Å². The summed E-state index contributed by atoms with van der Waals surface area (Å²) in [5.74, 6) is -1.09. The molecule has 1 rings (SSSR count). The molecular formula is C9H11N5OS. The van der Waals surface area contributed by atoms with Crippen LogP contribution in [-0.2, 0) is 11.8 Å². The molecule has 0 fully saturated rings. The standard InChI is InChI=1S/C9H11N5OS/c1-6(11)7(3-10)8(15)4-16-9-13-12-5-14(9)2/h5,7H,1,4,11H2,2H3/t7-/m1/s1. The summed E-state index contributed by atoms with van der Waals surface area (Å²) >= 11 is 1.21. The highest BCUT2D eigenvalue weighted by molar-refractivity contribution is 7.99. The third-order valence-corrected chi connectivity index (χ3v) is 2.89. The lowest BCUT2D eigenvalue weighted by molar-refractivity contribution is -0.117. The Kier molecular flexibility index (Phi) is 4.08. The summed E-state index contributed by atoms with van der Waals surface area (Å²) in [6, 6.07) is 1.82. The van der Waals surface area contributed by atoms with Gasteiger partial charge in [-0.25, -0.2) is 0 Å². The van der Waals surface area contributed by atoms with E-state index in [-0.39, 0.29) is 17.2 Å². The van der Waals surface area contributed by atoms with Crippen LogP contribution >= 0.6 is 11.8 Å². The van der Waals surface area contributed by atoms with Gasteiger partial charge in [-0.2, -0.15) is 5.26 Å². The van der Waals surface area contributed by atoms with Crippen molar-refractivity contribution in [2.75, 3.05) is 5.75 Å². The molecule has 6 nitrogen and oxygen atoms in total. The maximum atomic E-state index is 11.6. The third-order valence-electron chi connectivity index (χ3n) is 1.84. The summed E-state index contributed by atoms with van der Waals surface area (Å²) in [5.41, 5.74) is 5.42. The van der Waals surface area contributed by atoms with E-state index in [1.807, 2.05) is 6.07 Å². The first-order chi connectivity index (χ1) is 7.56. The van der Waals surface area contributed by atoms with Crippen LogP contribution in [0.2, 0.25) is 0 Å². The Morgan fingerprint density at radius 2 is 2.56 bits per heavy atom. The number of ketones is 1. The summed E-state index contributed by atoms with van der Waals surface area (Å²) in [6.07, 6.45) is 1.54. The zero-order valence-corrected chi connectivity index (χ0v) is 9.57. The van der Waals surface area contributed by atoms with Crippen molar-refractivity contribution in [3.63, 3.8) is 0 Å². The average molecular weight is 237 g/mol. The molecular weight excluding hydrogens is 226 g/mol. The number of carbonyl (C=O) groups excluding carboxylic acids is 1. The van der Waals surface area contributed by atoms with E-state index in [0.29, 0.717) is 5.16 Å². The topological polar surface area (TPSA) is 97.6 Å². The summed E-state index contributed by atoms with van der Waals surface area (Å²) in [6.45, 7) is 3.40. The summed E-state index contributed by atoms with van der Waals surface area (Å²) in [7, 11) is 1.77. The van der Waals surface area contributed by atoms with E-state index in [9.17, 15) is 4.79 Å². The molecule has 0 amide bonds. The van der Waals surface area contributed by atoms with Crippen LogP contribution in [0.1, 0.15) is 0 Å². The average Bonchev–Trinajstić information content (AvgIpc) is 2.61. The Labute approximate surface area is 97.1 Å². The van der Waals surface area contributed by atoms with E-state index in [1.54, 1.807) is 11.6 Å². The van der Waals surface area contributed by atoms with Gasteiger partial charge in [-0.3, -0.25) is 4.79 Å². The SMILES string of the molecule is C=C(N)[C@@H](C#N)C(=O)CSc1nncn1C. The molecule has 84 valence electrons. The van der Waals surface area contributed by atoms with Crippen LogP contribution in [0.15, 0.2) is 23.8 Å². The van der Waals surface area contributed by atoms with Gasteiger partial charge in [0.2, 0.25) is 0 Å². The molecule has 0 spiro atoms. The van der Waals surface area contributed by atoms with Gasteiger partial charge in [0.25, 0.3) is 0 Å². The largest absolute Gasteiger partial charge is 0.401 e. The highest BCUT2D eigenvalue weighted by atomic mass is 32.2. The lowest BCUT2D eigenvalue weighted by atomic mass is 10.1. The van der Waals surface area contributed by atoms with Gasteiger partial charge in [0.15, 0.2) is 10.9 Å². The van der Waals surface area contributed by atoms with Crippen LogP contribution in [0.4, 0.5) is 0 Å². The minimum Gasteiger partial charge on any atom is -0.401 e. The molecule has 2 N–H and O–H groups in total. The molecule has 1 heterocycles. The quantitative estimate of drug-likeness (QED) is 0.729. The predicted octanol–water partition coefficient (Wildman–Crippen LogP) is 0.0885. The van der Waals surface area contributed by atoms with Crippen LogP contribution in [0.3, 0.4) is 0 Å². The molecule has 0 aliphatic rings. The minimum atomic E-state index is -0.944. The van der Waals surface area contributed by atoms with Crippen LogP contribution < -0.4 is 5.73 Å². The third kappa shape index (κ3) is 2.84. The van der Waals surface area contributed by atoms with Crippen molar-refractivity contribution in [3.05, 3.63) is 18.6 Å². The molecule has 0 aliphatic heterocycles. The number of aryl methyl sites for hydroxylation is 1. The number of thioether (sulfide) groups is 1. The van der Waals surface area contributed by atoms with E-state index in [2.05, 4.69) is 16.8 Å². The number of hydrogen-bond donors (Lipinski definition) is 1. The Balaban J connectivity index is 2.57. The van der Waals surface area contributed by atoms with Crippen molar-refractivity contribution in [1.82, 2.24) is 14.8 Å². The van der Waals surface area contributed by atoms with E-state index in [1.165, 1.54) is 18.1 Å². The zero-order valence-electron chi connectivity index (χ0n) is 8.75. The number of Topliss-reactive ketones (excluding diaryl/α,β-unsaturated/α-hetero) is 1. The molecule has 0 saturated heterocycles. The van der Waals surface area contributed by atoms with Gasteiger partial charge in [0.05, 0.1) is 11.8 Å². The van der Waals surface area contributed by atoms with Crippen molar-refractivity contribution in [3.8, 4) is 6.07 Å². The molecule has 1 atom stereocenters. The Hall–Kier alpha value is -1.81. The van der Waals surface area contributed by atoms with Crippen molar-refractivity contribution < 1.29 is 4.79 Å². The Morgan fingerprint density at radius 1 is 1.88 bits per heavy atom. The van der Waals surface area contributed by atoms with Gasteiger partial charge in [-0.05, 0) is 0 Å². The number of hydrogen-bond acceptors (Lipinski definition) is 6. The first kappa shape index (κ1) is 12.3. The molecule has 1 aromatic heterocycles. The van der Waals surface area contributed by atoms with Gasteiger partial charge < -0.3 is 10.3 Å². The number of rotatable bonds is 5. The number of nitrogens with zero attached hydrogens (tertiary/aromatic N) is 4. The van der Waals surface area contributed by atoms with Crippen LogP contribution in [0.5, 0.6) is 0 Å². The van der Waals surface area contributed by atoms with Crippen LogP contribution in [0, 0.1) is 17.2 Å². The van der Waals surface area contributed by atoms with E-state index in [4.69, 9.17) is 11.0 Å². The minimum absolute atomic E-state index is 0.0751. The fourth-order valence-electron chi connectivity index (χ4n) is 0.984. The summed E-state index contributed by atoms with van der Waals surface area (Å²) in [4.78, 5) is 11.6. The fraction of sp³-hybridized carbons (Fsp3) is 0.333. The molecule has 7 heteroatoms. The second-order valence-corrected chi connectivity index (χ2v) is 4.06. The molecule has 1 aromatic rings. The maximum absolute atomic E-state index is 11.6. The fourth-order valence-corrected chi connectivity index (χ4v) is 1.78. The van der Waals surface area contributed by atoms with Crippen LogP contribution in [0.25, 0.3) is 0 Å². The van der Waals surface area contributed by atoms with E-state index >= 15 is 0 Å². The molecule has 0 bridgehead atoms. The normalized spacial score (nSPS) is 11.8. The van der Waals surface area contributed by atoms with Crippen molar-refractivity contribution in [2.24, 2.45) is 18.7 Å². The molecule has 0 aromatic carbocycles. The lowest BCUT2D eigenvalue weighted by Crippen LogP contribution is -2.21. The first-order valence-corrected chi connectivity index (χ1v) is 5.38. The first-order valence-electron chi connectivity index (χ1n) is 4.39. The predicted molar refractivity (Wildman–Crippen MR) is 59.2 cm³/mol. The number of nitriles is 1. The molecule has 16 heavy (non-hydrogen) atoms. The van der Waals surface area contributed by atoms with Crippen LogP contribution in [-0.4, -0.2) is 26.3 Å². The van der Waals surface area contributed by atoms with Crippen molar-refractivity contribution in [2.45, 2.75) is 5.16 Å².